The van der Waals surface area contributed by atoms with Crippen LogP contribution in [0.1, 0.15) is 83.6 Å². The number of benzene rings is 1. The van der Waals surface area contributed by atoms with E-state index in [2.05, 4.69) is 6.92 Å². The number of hydrogen-bond acceptors (Lipinski definition) is 1. The molecule has 0 spiro atoms. The van der Waals surface area contributed by atoms with Gasteiger partial charge in [0.15, 0.2) is 11.6 Å². The van der Waals surface area contributed by atoms with Crippen molar-refractivity contribution >= 4 is 0 Å². The third-order valence-electron chi connectivity index (χ3n) is 6.79. The van der Waals surface area contributed by atoms with Crippen LogP contribution in [0.15, 0.2) is 12.1 Å². The van der Waals surface area contributed by atoms with E-state index in [1.165, 1.54) is 38.5 Å². The second-order valence-electron chi connectivity index (χ2n) is 9.05. The van der Waals surface area contributed by atoms with Gasteiger partial charge < -0.3 is 4.74 Å². The van der Waals surface area contributed by atoms with Gasteiger partial charge in [0.05, 0.1) is 6.61 Å². The molecule has 0 saturated heterocycles. The van der Waals surface area contributed by atoms with Gasteiger partial charge >= 0.3 is 0 Å². The molecule has 1 nitrogen and oxygen atoms in total. The molecule has 2 aliphatic carbocycles. The molecule has 3 rings (SSSR count). The van der Waals surface area contributed by atoms with E-state index in [1.54, 1.807) is 12.1 Å². The Morgan fingerprint density at radius 2 is 1.46 bits per heavy atom. The summed E-state index contributed by atoms with van der Waals surface area (Å²) in [7, 11) is 0. The lowest BCUT2D eigenvalue weighted by molar-refractivity contribution is 0.124. The molecule has 1 aromatic rings. The van der Waals surface area contributed by atoms with Gasteiger partial charge in [0.25, 0.3) is 0 Å². The van der Waals surface area contributed by atoms with Crippen molar-refractivity contribution < 1.29 is 13.5 Å². The van der Waals surface area contributed by atoms with Crippen molar-refractivity contribution in [1.82, 2.24) is 0 Å². The summed E-state index contributed by atoms with van der Waals surface area (Å²) in [5.74, 6) is 1.62. The summed E-state index contributed by atoms with van der Waals surface area (Å²) in [6.07, 6.45) is 10.5. The van der Waals surface area contributed by atoms with Crippen molar-refractivity contribution in [3.05, 3.63) is 29.3 Å². The van der Waals surface area contributed by atoms with Crippen molar-refractivity contribution in [3.63, 3.8) is 0 Å². The minimum atomic E-state index is -0.832. The molecule has 0 aromatic heterocycles. The summed E-state index contributed by atoms with van der Waals surface area (Å²) < 4.78 is 34.0. The van der Waals surface area contributed by atoms with Gasteiger partial charge in [-0.05, 0) is 79.7 Å². The highest BCUT2D eigenvalue weighted by molar-refractivity contribution is 5.32. The fourth-order valence-corrected chi connectivity index (χ4v) is 4.90. The monoisotopic (exact) mass is 364 g/mol. The van der Waals surface area contributed by atoms with Gasteiger partial charge in [-0.15, -0.1) is 0 Å². The molecule has 2 aliphatic rings. The predicted octanol–water partition coefficient (Wildman–Crippen LogP) is 7.10. The van der Waals surface area contributed by atoms with Gasteiger partial charge in [-0.1, -0.05) is 39.7 Å². The van der Waals surface area contributed by atoms with Gasteiger partial charge in [-0.25, -0.2) is 4.39 Å². The van der Waals surface area contributed by atoms with E-state index in [-0.39, 0.29) is 11.7 Å². The zero-order valence-electron chi connectivity index (χ0n) is 16.6. The quantitative estimate of drug-likeness (QED) is 0.541. The zero-order valence-corrected chi connectivity index (χ0v) is 16.6. The SMILES string of the molecule is CC1CCC(C2CCC(COc3ccc(C(C)C)c(F)c3F)CC2)CC1. The number of rotatable bonds is 5. The van der Waals surface area contributed by atoms with Gasteiger partial charge in [0, 0.05) is 0 Å². The highest BCUT2D eigenvalue weighted by atomic mass is 19.2. The maximum absolute atomic E-state index is 14.2. The molecule has 0 atom stereocenters. The Labute approximate surface area is 157 Å². The minimum Gasteiger partial charge on any atom is -0.490 e. The van der Waals surface area contributed by atoms with Gasteiger partial charge in [0.2, 0.25) is 5.82 Å². The molecule has 146 valence electrons. The Kier molecular flexibility index (Phi) is 6.58. The summed E-state index contributed by atoms with van der Waals surface area (Å²) in [4.78, 5) is 0. The van der Waals surface area contributed by atoms with Crippen molar-refractivity contribution in [3.8, 4) is 5.75 Å². The third kappa shape index (κ3) is 4.58. The van der Waals surface area contributed by atoms with Crippen LogP contribution in [0.25, 0.3) is 0 Å². The van der Waals surface area contributed by atoms with E-state index in [4.69, 9.17) is 4.74 Å². The molecule has 0 aliphatic heterocycles. The highest BCUT2D eigenvalue weighted by Gasteiger charge is 2.30. The summed E-state index contributed by atoms with van der Waals surface area (Å²) in [6.45, 7) is 6.61. The Balaban J connectivity index is 1.47. The molecule has 2 fully saturated rings. The van der Waals surface area contributed by atoms with Crippen LogP contribution >= 0.6 is 0 Å². The Hall–Kier alpha value is -1.12. The Bertz CT molecular complexity index is 582. The smallest absolute Gasteiger partial charge is 0.200 e. The molecule has 2 saturated carbocycles. The average Bonchev–Trinajstić information content (AvgIpc) is 2.64. The van der Waals surface area contributed by atoms with E-state index in [0.29, 0.717) is 18.1 Å². The lowest BCUT2D eigenvalue weighted by Crippen LogP contribution is -2.27. The molecule has 0 bridgehead atoms. The normalized spacial score (nSPS) is 29.8. The first-order valence-electron chi connectivity index (χ1n) is 10.6. The molecular weight excluding hydrogens is 330 g/mol. The van der Waals surface area contributed by atoms with E-state index < -0.39 is 11.6 Å². The van der Waals surface area contributed by atoms with E-state index >= 15 is 0 Å². The van der Waals surface area contributed by atoms with Gasteiger partial charge in [0.1, 0.15) is 0 Å². The van der Waals surface area contributed by atoms with Crippen LogP contribution in [0.4, 0.5) is 8.78 Å². The lowest BCUT2D eigenvalue weighted by Gasteiger charge is -2.37. The summed E-state index contributed by atoms with van der Waals surface area (Å²) >= 11 is 0. The Morgan fingerprint density at radius 3 is 2.04 bits per heavy atom. The van der Waals surface area contributed by atoms with Crippen LogP contribution in [-0.2, 0) is 0 Å². The van der Waals surface area contributed by atoms with E-state index in [1.807, 2.05) is 13.8 Å². The van der Waals surface area contributed by atoms with Crippen molar-refractivity contribution in [2.24, 2.45) is 23.7 Å². The van der Waals surface area contributed by atoms with E-state index in [9.17, 15) is 8.78 Å². The minimum absolute atomic E-state index is 0.0309. The lowest BCUT2D eigenvalue weighted by atomic mass is 9.69. The predicted molar refractivity (Wildman–Crippen MR) is 103 cm³/mol. The molecule has 0 amide bonds. The first-order chi connectivity index (χ1) is 12.5. The molecule has 0 radical (unpaired) electrons. The largest absolute Gasteiger partial charge is 0.490 e. The average molecular weight is 365 g/mol. The van der Waals surface area contributed by atoms with E-state index in [0.717, 1.165) is 30.6 Å². The topological polar surface area (TPSA) is 9.23 Å². The maximum Gasteiger partial charge on any atom is 0.200 e. The van der Waals surface area contributed by atoms with Crippen LogP contribution < -0.4 is 4.74 Å². The van der Waals surface area contributed by atoms with Crippen LogP contribution in [0, 0.1) is 35.3 Å². The maximum atomic E-state index is 14.2. The zero-order chi connectivity index (χ0) is 18.7. The van der Waals surface area contributed by atoms with Crippen LogP contribution in [0.3, 0.4) is 0 Å². The summed E-state index contributed by atoms with van der Waals surface area (Å²) in [6, 6.07) is 3.24. The second kappa shape index (κ2) is 8.71. The van der Waals surface area contributed by atoms with Gasteiger partial charge in [-0.3, -0.25) is 0 Å². The van der Waals surface area contributed by atoms with Crippen molar-refractivity contribution in [1.29, 1.82) is 0 Å². The van der Waals surface area contributed by atoms with Crippen LogP contribution in [0.2, 0.25) is 0 Å². The molecule has 1 aromatic carbocycles. The standard InChI is InChI=1S/C23H34F2O/c1-15(2)20-12-13-21(23(25)22(20)24)26-14-17-6-10-19(11-7-17)18-8-4-16(3)5-9-18/h12-13,15-19H,4-11,14H2,1-3H3. The first-order valence-corrected chi connectivity index (χ1v) is 10.6. The summed E-state index contributed by atoms with van der Waals surface area (Å²) in [5, 5.41) is 0. The number of hydrogen-bond donors (Lipinski definition) is 0. The molecular formula is C23H34F2O. The number of ether oxygens (including phenoxy) is 1. The van der Waals surface area contributed by atoms with Crippen LogP contribution in [0.5, 0.6) is 5.75 Å². The molecule has 3 heteroatoms. The molecule has 26 heavy (non-hydrogen) atoms. The van der Waals surface area contributed by atoms with Crippen molar-refractivity contribution in [2.45, 2.75) is 78.1 Å². The summed E-state index contributed by atoms with van der Waals surface area (Å²) in [5.41, 5.74) is 0.414. The Morgan fingerprint density at radius 1 is 0.885 bits per heavy atom. The molecule has 0 unspecified atom stereocenters. The fraction of sp³-hybridized carbons (Fsp3) is 0.739. The van der Waals surface area contributed by atoms with Gasteiger partial charge in [-0.2, -0.15) is 4.39 Å². The fourth-order valence-electron chi connectivity index (χ4n) is 4.90. The van der Waals surface area contributed by atoms with Crippen LogP contribution in [-0.4, -0.2) is 6.61 Å². The highest BCUT2D eigenvalue weighted by Crippen LogP contribution is 2.41. The second-order valence-corrected chi connectivity index (χ2v) is 9.05. The molecule has 0 heterocycles. The van der Waals surface area contributed by atoms with Crippen molar-refractivity contribution in [2.75, 3.05) is 6.61 Å². The molecule has 0 N–H and O–H groups in total. The third-order valence-corrected chi connectivity index (χ3v) is 6.79. The number of halogens is 2. The first kappa shape index (κ1) is 19.6.